The summed E-state index contributed by atoms with van der Waals surface area (Å²) in [5.41, 5.74) is 0.224. The van der Waals surface area contributed by atoms with Gasteiger partial charge >= 0.3 is 0 Å². The Bertz CT molecular complexity index is 361. The molecular weight excluding hydrogens is 224 g/mol. The molecular formula is C13H19F2NO. The van der Waals surface area contributed by atoms with Gasteiger partial charge in [0.05, 0.1) is 0 Å². The molecule has 2 nitrogen and oxygen atoms in total. The smallest absolute Gasteiger partial charge is 0.162 e. The fourth-order valence-corrected chi connectivity index (χ4v) is 1.27. The molecule has 0 aromatic heterocycles. The highest BCUT2D eigenvalue weighted by atomic mass is 19.2. The fourth-order valence-electron chi connectivity index (χ4n) is 1.27. The van der Waals surface area contributed by atoms with Gasteiger partial charge in [0.1, 0.15) is 12.4 Å². The summed E-state index contributed by atoms with van der Waals surface area (Å²) in [4.78, 5) is 0. The Labute approximate surface area is 101 Å². The molecule has 1 N–H and O–H groups in total. The van der Waals surface area contributed by atoms with Crippen LogP contribution in [-0.2, 0) is 0 Å². The van der Waals surface area contributed by atoms with E-state index in [1.807, 2.05) is 0 Å². The zero-order valence-electron chi connectivity index (χ0n) is 10.5. The molecule has 0 aliphatic rings. The van der Waals surface area contributed by atoms with Crippen molar-refractivity contribution in [3.05, 3.63) is 29.8 Å². The van der Waals surface area contributed by atoms with E-state index in [1.54, 1.807) is 0 Å². The van der Waals surface area contributed by atoms with E-state index in [1.165, 1.54) is 6.07 Å². The molecule has 17 heavy (non-hydrogen) atoms. The van der Waals surface area contributed by atoms with Gasteiger partial charge in [-0.1, -0.05) is 20.8 Å². The van der Waals surface area contributed by atoms with Gasteiger partial charge in [-0.2, -0.15) is 0 Å². The second-order valence-corrected chi connectivity index (χ2v) is 5.16. The molecule has 0 fully saturated rings. The van der Waals surface area contributed by atoms with Crippen LogP contribution in [0.4, 0.5) is 8.78 Å². The minimum atomic E-state index is -0.884. The number of hydrogen-bond acceptors (Lipinski definition) is 2. The Morgan fingerprint density at radius 1 is 1.18 bits per heavy atom. The predicted octanol–water partition coefficient (Wildman–Crippen LogP) is 2.98. The molecule has 1 aromatic carbocycles. The third-order valence-electron chi connectivity index (χ3n) is 2.09. The lowest BCUT2D eigenvalue weighted by atomic mass is 9.97. The lowest BCUT2D eigenvalue weighted by Gasteiger charge is -2.18. The van der Waals surface area contributed by atoms with E-state index in [0.29, 0.717) is 18.9 Å². The van der Waals surface area contributed by atoms with Crippen LogP contribution < -0.4 is 10.1 Å². The second-order valence-electron chi connectivity index (χ2n) is 5.16. The van der Waals surface area contributed by atoms with Crippen LogP contribution >= 0.6 is 0 Å². The Morgan fingerprint density at radius 3 is 2.47 bits per heavy atom. The summed E-state index contributed by atoms with van der Waals surface area (Å²) < 4.78 is 30.8. The van der Waals surface area contributed by atoms with Crippen LogP contribution in [0, 0.1) is 17.0 Å². The molecule has 1 aromatic rings. The van der Waals surface area contributed by atoms with E-state index in [-0.39, 0.29) is 5.41 Å². The minimum Gasteiger partial charge on any atom is -0.492 e. The quantitative estimate of drug-likeness (QED) is 0.803. The molecule has 4 heteroatoms. The summed E-state index contributed by atoms with van der Waals surface area (Å²) in [7, 11) is 0. The monoisotopic (exact) mass is 243 g/mol. The third-order valence-corrected chi connectivity index (χ3v) is 2.09. The number of halogens is 2. The van der Waals surface area contributed by atoms with Crippen LogP contribution in [0.2, 0.25) is 0 Å². The highest BCUT2D eigenvalue weighted by molar-refractivity contribution is 5.23. The first-order valence-corrected chi connectivity index (χ1v) is 5.67. The zero-order valence-corrected chi connectivity index (χ0v) is 10.5. The van der Waals surface area contributed by atoms with Crippen molar-refractivity contribution >= 4 is 0 Å². The van der Waals surface area contributed by atoms with E-state index >= 15 is 0 Å². The summed E-state index contributed by atoms with van der Waals surface area (Å²) >= 11 is 0. The Kier molecular flexibility index (Phi) is 4.87. The molecule has 96 valence electrons. The second kappa shape index (κ2) is 5.96. The van der Waals surface area contributed by atoms with Gasteiger partial charge in [0.2, 0.25) is 0 Å². The van der Waals surface area contributed by atoms with Crippen molar-refractivity contribution in [3.8, 4) is 5.75 Å². The fraction of sp³-hybridized carbons (Fsp3) is 0.538. The van der Waals surface area contributed by atoms with Gasteiger partial charge in [-0.05, 0) is 17.5 Å². The Morgan fingerprint density at radius 2 is 1.88 bits per heavy atom. The molecule has 0 saturated heterocycles. The van der Waals surface area contributed by atoms with Crippen LogP contribution in [0.15, 0.2) is 18.2 Å². The SMILES string of the molecule is CC(C)(C)CNCCOc1ccc(F)c(F)c1. The zero-order chi connectivity index (χ0) is 12.9. The molecule has 0 unspecified atom stereocenters. The van der Waals surface area contributed by atoms with E-state index in [4.69, 9.17) is 4.74 Å². The average Bonchev–Trinajstić information content (AvgIpc) is 2.21. The minimum absolute atomic E-state index is 0.224. The van der Waals surface area contributed by atoms with Crippen molar-refractivity contribution in [1.29, 1.82) is 0 Å². The van der Waals surface area contributed by atoms with Gasteiger partial charge in [-0.25, -0.2) is 8.78 Å². The first-order chi connectivity index (χ1) is 7.88. The molecule has 0 aliphatic carbocycles. The van der Waals surface area contributed by atoms with E-state index in [0.717, 1.165) is 18.7 Å². The Balaban J connectivity index is 2.25. The number of benzene rings is 1. The lowest BCUT2D eigenvalue weighted by Crippen LogP contribution is -2.30. The van der Waals surface area contributed by atoms with Crippen LogP contribution in [0.1, 0.15) is 20.8 Å². The maximum atomic E-state index is 12.8. The summed E-state index contributed by atoms with van der Waals surface area (Å²) in [6, 6.07) is 3.54. The van der Waals surface area contributed by atoms with Crippen LogP contribution in [0.5, 0.6) is 5.75 Å². The molecule has 0 aliphatic heterocycles. The summed E-state index contributed by atoms with van der Waals surface area (Å²) in [6.07, 6.45) is 0. The highest BCUT2D eigenvalue weighted by Crippen LogP contribution is 2.15. The molecule has 0 spiro atoms. The lowest BCUT2D eigenvalue weighted by molar-refractivity contribution is 0.295. The van der Waals surface area contributed by atoms with Crippen molar-refractivity contribution < 1.29 is 13.5 Å². The van der Waals surface area contributed by atoms with Gasteiger partial charge in [-0.3, -0.25) is 0 Å². The van der Waals surface area contributed by atoms with Crippen LogP contribution in [-0.4, -0.2) is 19.7 Å². The van der Waals surface area contributed by atoms with Crippen molar-refractivity contribution in [3.63, 3.8) is 0 Å². The van der Waals surface area contributed by atoms with E-state index in [9.17, 15) is 8.78 Å². The molecule has 0 bridgehead atoms. The Hall–Kier alpha value is -1.16. The third kappa shape index (κ3) is 5.63. The van der Waals surface area contributed by atoms with E-state index < -0.39 is 11.6 Å². The first kappa shape index (κ1) is 13.9. The predicted molar refractivity (Wildman–Crippen MR) is 64.2 cm³/mol. The van der Waals surface area contributed by atoms with Gasteiger partial charge in [-0.15, -0.1) is 0 Å². The molecule has 0 atom stereocenters. The van der Waals surface area contributed by atoms with Crippen LogP contribution in [0.3, 0.4) is 0 Å². The molecule has 1 rings (SSSR count). The van der Waals surface area contributed by atoms with Gasteiger partial charge in [0, 0.05) is 19.2 Å². The topological polar surface area (TPSA) is 21.3 Å². The standard InChI is InChI=1S/C13H19F2NO/c1-13(2,3)9-16-6-7-17-10-4-5-11(14)12(15)8-10/h4-5,8,16H,6-7,9H2,1-3H3. The normalized spacial score (nSPS) is 11.6. The maximum absolute atomic E-state index is 12.8. The highest BCUT2D eigenvalue weighted by Gasteiger charge is 2.08. The number of nitrogens with one attached hydrogen (secondary N) is 1. The molecule has 0 heterocycles. The summed E-state index contributed by atoms with van der Waals surface area (Å²) in [6.45, 7) is 8.40. The average molecular weight is 243 g/mol. The van der Waals surface area contributed by atoms with E-state index in [2.05, 4.69) is 26.1 Å². The number of rotatable bonds is 5. The number of hydrogen-bond donors (Lipinski definition) is 1. The molecule has 0 radical (unpaired) electrons. The summed E-state index contributed by atoms with van der Waals surface area (Å²) in [5.74, 6) is -1.39. The van der Waals surface area contributed by atoms with Crippen molar-refractivity contribution in [2.75, 3.05) is 19.7 Å². The van der Waals surface area contributed by atoms with Gasteiger partial charge < -0.3 is 10.1 Å². The molecule has 0 amide bonds. The maximum Gasteiger partial charge on any atom is 0.162 e. The van der Waals surface area contributed by atoms with Gasteiger partial charge in [0.25, 0.3) is 0 Å². The first-order valence-electron chi connectivity index (χ1n) is 5.67. The van der Waals surface area contributed by atoms with Crippen molar-refractivity contribution in [2.45, 2.75) is 20.8 Å². The van der Waals surface area contributed by atoms with Crippen molar-refractivity contribution in [1.82, 2.24) is 5.32 Å². The van der Waals surface area contributed by atoms with Gasteiger partial charge in [0.15, 0.2) is 11.6 Å². The number of ether oxygens (including phenoxy) is 1. The largest absolute Gasteiger partial charge is 0.492 e. The molecule has 0 saturated carbocycles. The van der Waals surface area contributed by atoms with Crippen LogP contribution in [0.25, 0.3) is 0 Å². The summed E-state index contributed by atoms with van der Waals surface area (Å²) in [5, 5.41) is 3.23. The van der Waals surface area contributed by atoms with Crippen molar-refractivity contribution in [2.24, 2.45) is 5.41 Å².